The van der Waals surface area contributed by atoms with Gasteiger partial charge in [-0.25, -0.2) is 9.59 Å². The van der Waals surface area contributed by atoms with Gasteiger partial charge in [0, 0.05) is 44.2 Å². The summed E-state index contributed by atoms with van der Waals surface area (Å²) in [5.41, 5.74) is 5.61. The van der Waals surface area contributed by atoms with Crippen LogP contribution in [-0.2, 0) is 20.7 Å². The Bertz CT molecular complexity index is 1000. The van der Waals surface area contributed by atoms with Crippen molar-refractivity contribution in [3.63, 3.8) is 0 Å². The Morgan fingerprint density at radius 3 is 2.25 bits per heavy atom. The molecule has 1 unspecified atom stereocenters. The van der Waals surface area contributed by atoms with Crippen molar-refractivity contribution in [1.29, 1.82) is 0 Å². The molecular formula is C25H33Cl2N3O6. The van der Waals surface area contributed by atoms with E-state index in [-0.39, 0.29) is 24.9 Å². The third kappa shape index (κ3) is 9.93. The number of benzene rings is 2. The molecule has 2 rings (SSSR count). The molecule has 0 spiro atoms. The fraction of sp³-hybridized carbons (Fsp3) is 0.400. The number of hydrogen-bond acceptors (Lipinski definition) is 7. The van der Waals surface area contributed by atoms with E-state index < -0.39 is 24.0 Å². The first-order valence-corrected chi connectivity index (χ1v) is 11.5. The van der Waals surface area contributed by atoms with E-state index >= 15 is 0 Å². The lowest BCUT2D eigenvalue weighted by Crippen LogP contribution is -2.42. The Kier molecular flexibility index (Phi) is 12.5. The molecule has 36 heavy (non-hydrogen) atoms. The summed E-state index contributed by atoms with van der Waals surface area (Å²) in [6, 6.07) is 13.8. The van der Waals surface area contributed by atoms with E-state index in [2.05, 4.69) is 5.32 Å². The van der Waals surface area contributed by atoms with E-state index in [9.17, 15) is 14.4 Å². The smallest absolute Gasteiger partial charge is 0.412 e. The Hall–Kier alpha value is -3.01. The molecule has 0 aliphatic heterocycles. The maximum absolute atomic E-state index is 12.5. The molecule has 2 aromatic carbocycles. The SMILES string of the molecule is CC(OC(=O)N(C)CCN)OC(=O)C(C)(C)Oc1ccc(CCNC(=O)c2ccc(Cl)cc2)cc1.Cl. The first-order chi connectivity index (χ1) is 16.5. The van der Waals surface area contributed by atoms with Crippen molar-refractivity contribution < 1.29 is 28.6 Å². The highest BCUT2D eigenvalue weighted by molar-refractivity contribution is 6.30. The number of halogens is 2. The molecule has 198 valence electrons. The fourth-order valence-corrected chi connectivity index (χ4v) is 3.04. The van der Waals surface area contributed by atoms with Crippen LogP contribution in [0.25, 0.3) is 0 Å². The van der Waals surface area contributed by atoms with Crippen LogP contribution in [0.2, 0.25) is 5.02 Å². The zero-order valence-electron chi connectivity index (χ0n) is 20.8. The maximum atomic E-state index is 12.5. The highest BCUT2D eigenvalue weighted by atomic mass is 35.5. The molecule has 0 bridgehead atoms. The molecule has 2 amide bonds. The lowest BCUT2D eigenvalue weighted by atomic mass is 10.1. The molecule has 9 nitrogen and oxygen atoms in total. The van der Waals surface area contributed by atoms with Gasteiger partial charge in [-0.1, -0.05) is 23.7 Å². The molecule has 0 heterocycles. The van der Waals surface area contributed by atoms with Crippen molar-refractivity contribution in [2.24, 2.45) is 5.73 Å². The van der Waals surface area contributed by atoms with E-state index in [1.807, 2.05) is 12.1 Å². The highest BCUT2D eigenvalue weighted by Crippen LogP contribution is 2.21. The van der Waals surface area contributed by atoms with Crippen LogP contribution in [0.1, 0.15) is 36.7 Å². The maximum Gasteiger partial charge on any atom is 0.412 e. The number of nitrogens with one attached hydrogen (secondary N) is 1. The van der Waals surface area contributed by atoms with Gasteiger partial charge in [-0.3, -0.25) is 4.79 Å². The van der Waals surface area contributed by atoms with Crippen molar-refractivity contribution in [3.8, 4) is 5.75 Å². The third-order valence-electron chi connectivity index (χ3n) is 4.91. The van der Waals surface area contributed by atoms with Crippen LogP contribution in [0.15, 0.2) is 48.5 Å². The summed E-state index contributed by atoms with van der Waals surface area (Å²) in [4.78, 5) is 37.9. The molecule has 2 aromatic rings. The summed E-state index contributed by atoms with van der Waals surface area (Å²) >= 11 is 5.84. The Labute approximate surface area is 222 Å². The van der Waals surface area contributed by atoms with E-state index in [4.69, 9.17) is 31.5 Å². The number of rotatable bonds is 11. The first kappa shape index (κ1) is 31.0. The van der Waals surface area contributed by atoms with Gasteiger partial charge in [-0.05, 0) is 62.2 Å². The largest absolute Gasteiger partial charge is 0.476 e. The molecule has 0 aliphatic rings. The molecule has 0 saturated heterocycles. The van der Waals surface area contributed by atoms with Crippen molar-refractivity contribution in [3.05, 3.63) is 64.7 Å². The van der Waals surface area contributed by atoms with Crippen molar-refractivity contribution in [2.45, 2.75) is 39.1 Å². The molecule has 11 heteroatoms. The zero-order chi connectivity index (χ0) is 26.0. The number of carbonyl (C=O) groups excluding carboxylic acids is 3. The van der Waals surface area contributed by atoms with Gasteiger partial charge in [0.25, 0.3) is 5.91 Å². The Morgan fingerprint density at radius 2 is 1.67 bits per heavy atom. The summed E-state index contributed by atoms with van der Waals surface area (Å²) in [7, 11) is 1.54. The number of carbonyl (C=O) groups is 3. The van der Waals surface area contributed by atoms with Crippen LogP contribution in [0, 0.1) is 0 Å². The second-order valence-corrected chi connectivity index (χ2v) is 8.77. The van der Waals surface area contributed by atoms with Crippen LogP contribution in [0.4, 0.5) is 4.79 Å². The monoisotopic (exact) mass is 541 g/mol. The third-order valence-corrected chi connectivity index (χ3v) is 5.16. The average Bonchev–Trinajstić information content (AvgIpc) is 2.80. The van der Waals surface area contributed by atoms with Crippen molar-refractivity contribution in [2.75, 3.05) is 26.7 Å². The van der Waals surface area contributed by atoms with Crippen LogP contribution in [0.3, 0.4) is 0 Å². The second kappa shape index (κ2) is 14.5. The van der Waals surface area contributed by atoms with Gasteiger partial charge in [0.15, 0.2) is 5.60 Å². The predicted molar refractivity (Wildman–Crippen MR) is 140 cm³/mol. The Balaban J connectivity index is 0.00000648. The predicted octanol–water partition coefficient (Wildman–Crippen LogP) is 3.81. The molecule has 3 N–H and O–H groups in total. The lowest BCUT2D eigenvalue weighted by molar-refractivity contribution is -0.181. The number of nitrogens with zero attached hydrogens (tertiary/aromatic N) is 1. The molecule has 0 aromatic heterocycles. The quantitative estimate of drug-likeness (QED) is 0.327. The minimum absolute atomic E-state index is 0. The van der Waals surface area contributed by atoms with Crippen molar-refractivity contribution >= 4 is 42.0 Å². The number of likely N-dealkylation sites (N-methyl/N-ethyl adjacent to an activating group) is 1. The first-order valence-electron chi connectivity index (χ1n) is 11.2. The molecular weight excluding hydrogens is 509 g/mol. The fourth-order valence-electron chi connectivity index (χ4n) is 2.92. The standard InChI is InChI=1S/C25H32ClN3O6.ClH/c1-17(34-24(32)29(4)16-14-27)33-23(31)25(2,3)35-21-11-5-18(6-12-21)13-15-28-22(30)19-7-9-20(26)10-8-19;/h5-12,17H,13-16,27H2,1-4H3,(H,28,30);1H. The zero-order valence-corrected chi connectivity index (χ0v) is 22.4. The van der Waals surface area contributed by atoms with Gasteiger partial charge in [0.1, 0.15) is 5.75 Å². The normalized spacial score (nSPS) is 11.5. The Morgan fingerprint density at radius 1 is 1.06 bits per heavy atom. The van der Waals surface area contributed by atoms with Gasteiger partial charge >= 0.3 is 12.1 Å². The van der Waals surface area contributed by atoms with Gasteiger partial charge < -0.3 is 30.2 Å². The molecule has 1 atom stereocenters. The van der Waals surface area contributed by atoms with Gasteiger partial charge in [0.2, 0.25) is 6.29 Å². The minimum atomic E-state index is -1.32. The highest BCUT2D eigenvalue weighted by Gasteiger charge is 2.34. The number of ether oxygens (including phenoxy) is 3. The topological polar surface area (TPSA) is 120 Å². The van der Waals surface area contributed by atoms with Gasteiger partial charge in [-0.15, -0.1) is 12.4 Å². The molecule has 0 fully saturated rings. The van der Waals surface area contributed by atoms with E-state index in [1.165, 1.54) is 18.9 Å². The van der Waals surface area contributed by atoms with Crippen molar-refractivity contribution in [1.82, 2.24) is 10.2 Å². The number of esters is 1. The van der Waals surface area contributed by atoms with Crippen LogP contribution in [-0.4, -0.2) is 61.4 Å². The average molecular weight is 542 g/mol. The molecule has 0 radical (unpaired) electrons. The number of nitrogens with two attached hydrogens (primary N) is 1. The van der Waals surface area contributed by atoms with Crippen LogP contribution in [0.5, 0.6) is 5.75 Å². The second-order valence-electron chi connectivity index (χ2n) is 8.34. The summed E-state index contributed by atoms with van der Waals surface area (Å²) in [6.45, 7) is 5.63. The van der Waals surface area contributed by atoms with E-state index in [0.29, 0.717) is 35.8 Å². The van der Waals surface area contributed by atoms with Crippen LogP contribution < -0.4 is 15.8 Å². The molecule has 0 aliphatic carbocycles. The van der Waals surface area contributed by atoms with Crippen LogP contribution >= 0.6 is 24.0 Å². The summed E-state index contributed by atoms with van der Waals surface area (Å²) in [5, 5.41) is 3.43. The summed E-state index contributed by atoms with van der Waals surface area (Å²) < 4.78 is 16.1. The minimum Gasteiger partial charge on any atom is -0.476 e. The van der Waals surface area contributed by atoms with Gasteiger partial charge in [-0.2, -0.15) is 0 Å². The number of hydrogen-bond donors (Lipinski definition) is 2. The summed E-state index contributed by atoms with van der Waals surface area (Å²) in [6.07, 6.45) is -1.12. The summed E-state index contributed by atoms with van der Waals surface area (Å²) in [5.74, 6) is -0.394. The lowest BCUT2D eigenvalue weighted by Gasteiger charge is -2.27. The number of amides is 2. The van der Waals surface area contributed by atoms with Gasteiger partial charge in [0.05, 0.1) is 0 Å². The molecule has 0 saturated carbocycles. The van der Waals surface area contributed by atoms with E-state index in [1.54, 1.807) is 50.2 Å². The van der Waals surface area contributed by atoms with E-state index in [0.717, 1.165) is 5.56 Å².